The van der Waals surface area contributed by atoms with E-state index >= 15 is 0 Å². The minimum Gasteiger partial charge on any atom is -0.394 e. The van der Waals surface area contributed by atoms with Crippen molar-refractivity contribution in [1.29, 1.82) is 0 Å². The van der Waals surface area contributed by atoms with Crippen LogP contribution in [-0.4, -0.2) is 140 Å². The normalized spacial score (nSPS) is 26.2. The topological polar surface area (TPSA) is 228 Å². The van der Waals surface area contributed by atoms with E-state index in [-0.39, 0.29) is 18.9 Å². The molecule has 0 aliphatic carbocycles. The van der Waals surface area contributed by atoms with Gasteiger partial charge in [-0.3, -0.25) is 4.79 Å². The minimum atomic E-state index is -1.79. The number of carbonyl (C=O) groups excluding carboxylic acids is 1. The van der Waals surface area contributed by atoms with Crippen molar-refractivity contribution in [2.75, 3.05) is 19.8 Å². The first-order chi connectivity index (χ1) is 34.1. The second kappa shape index (κ2) is 42.6. The Morgan fingerprint density at radius 3 is 1.41 bits per heavy atom. The number of aliphatic hydroxyl groups is 8. The highest BCUT2D eigenvalue weighted by atomic mass is 16.7. The van der Waals surface area contributed by atoms with Crippen molar-refractivity contribution in [1.82, 2.24) is 5.32 Å². The summed E-state index contributed by atoms with van der Waals surface area (Å²) in [5, 5.41) is 86.9. The number of hydrogen-bond acceptors (Lipinski definition) is 13. The van der Waals surface area contributed by atoms with Gasteiger partial charge in [-0.15, -0.1) is 0 Å². The molecule has 0 bridgehead atoms. The maximum Gasteiger partial charge on any atom is 0.220 e. The van der Waals surface area contributed by atoms with Gasteiger partial charge in [0.15, 0.2) is 12.6 Å². The standard InChI is InChI=1S/C56H103NO13/c1-3-5-7-9-11-13-15-17-18-19-20-21-22-23-24-25-26-28-29-31-33-35-37-39-45(60)44(57-48(61)40-38-36-34-32-30-27-16-14-12-10-8-6-4-2)43-67-55-53(66)51(64)54(47(42-59)69-55)70-56-52(65)50(63)49(62)46(41-58)68-56/h14,16,29,31,37,39,44-47,49-56,58-60,62-66H,3-13,15,17-28,30,32-36,38,40-43H2,1-2H3,(H,57,61)/b16-14-,31-29+,39-37+. The summed E-state index contributed by atoms with van der Waals surface area (Å²) in [6.45, 7) is 2.76. The first-order valence-corrected chi connectivity index (χ1v) is 28.2. The van der Waals surface area contributed by atoms with Crippen molar-refractivity contribution in [2.45, 2.75) is 293 Å². The zero-order valence-corrected chi connectivity index (χ0v) is 43.8. The molecule has 0 radical (unpaired) electrons. The summed E-state index contributed by atoms with van der Waals surface area (Å²) in [5.41, 5.74) is 0. The molecule has 14 nitrogen and oxygen atoms in total. The predicted molar refractivity (Wildman–Crippen MR) is 277 cm³/mol. The summed E-state index contributed by atoms with van der Waals surface area (Å²) < 4.78 is 22.7. The molecule has 2 aliphatic rings. The fourth-order valence-electron chi connectivity index (χ4n) is 9.18. The number of aliphatic hydroxyl groups excluding tert-OH is 8. The Morgan fingerprint density at radius 1 is 0.500 bits per heavy atom. The van der Waals surface area contributed by atoms with Crippen LogP contribution >= 0.6 is 0 Å². The average Bonchev–Trinajstić information content (AvgIpc) is 3.36. The Kier molecular flexibility index (Phi) is 39.1. The Bertz CT molecular complexity index is 1320. The van der Waals surface area contributed by atoms with Gasteiger partial charge in [0.2, 0.25) is 5.91 Å². The van der Waals surface area contributed by atoms with Gasteiger partial charge in [-0.05, 0) is 57.8 Å². The number of hydrogen-bond donors (Lipinski definition) is 9. The summed E-state index contributed by atoms with van der Waals surface area (Å²) in [7, 11) is 0. The van der Waals surface area contributed by atoms with E-state index in [2.05, 4.69) is 43.5 Å². The molecule has 2 saturated heterocycles. The fourth-order valence-corrected chi connectivity index (χ4v) is 9.18. The van der Waals surface area contributed by atoms with Crippen LogP contribution in [0, 0.1) is 0 Å². The van der Waals surface area contributed by atoms with Gasteiger partial charge in [-0.2, -0.15) is 0 Å². The van der Waals surface area contributed by atoms with Gasteiger partial charge in [-0.1, -0.05) is 192 Å². The fraction of sp³-hybridized carbons (Fsp3) is 0.875. The third-order valence-corrected chi connectivity index (χ3v) is 13.8. The SMILES string of the molecule is CCCCCC/C=C\CCCCCCCC(=O)NC(COC1OC(CO)C(OC2OC(CO)C(O)C(O)C2O)C(O)C1O)C(O)/C=C/CC/C=C/CCCCCCCCCCCCCCCCCCC. The molecule has 0 aromatic rings. The summed E-state index contributed by atoms with van der Waals surface area (Å²) in [6, 6.07) is -0.934. The molecule has 12 unspecified atom stereocenters. The van der Waals surface area contributed by atoms with E-state index in [1.54, 1.807) is 6.08 Å². The molecule has 410 valence electrons. The van der Waals surface area contributed by atoms with E-state index in [9.17, 15) is 45.6 Å². The van der Waals surface area contributed by atoms with Crippen LogP contribution < -0.4 is 5.32 Å². The zero-order valence-electron chi connectivity index (χ0n) is 43.8. The van der Waals surface area contributed by atoms with Gasteiger partial charge < -0.3 is 65.1 Å². The van der Waals surface area contributed by atoms with Crippen LogP contribution in [0.15, 0.2) is 36.5 Å². The monoisotopic (exact) mass is 998 g/mol. The van der Waals surface area contributed by atoms with E-state index in [1.165, 1.54) is 135 Å². The van der Waals surface area contributed by atoms with E-state index in [0.717, 1.165) is 51.4 Å². The predicted octanol–water partition coefficient (Wildman–Crippen LogP) is 8.66. The minimum absolute atomic E-state index is 0.259. The van der Waals surface area contributed by atoms with E-state index in [1.807, 2.05) is 6.08 Å². The van der Waals surface area contributed by atoms with Crippen LogP contribution in [0.2, 0.25) is 0 Å². The van der Waals surface area contributed by atoms with Crippen LogP contribution in [0.1, 0.15) is 219 Å². The molecule has 2 rings (SSSR count). The van der Waals surface area contributed by atoms with Gasteiger partial charge >= 0.3 is 0 Å². The van der Waals surface area contributed by atoms with Crippen LogP contribution in [0.4, 0.5) is 0 Å². The van der Waals surface area contributed by atoms with Crippen molar-refractivity contribution >= 4 is 5.91 Å². The first kappa shape index (κ1) is 64.3. The van der Waals surface area contributed by atoms with Crippen LogP contribution in [0.25, 0.3) is 0 Å². The van der Waals surface area contributed by atoms with Gasteiger partial charge in [0.25, 0.3) is 0 Å². The smallest absolute Gasteiger partial charge is 0.220 e. The third-order valence-electron chi connectivity index (χ3n) is 13.8. The van der Waals surface area contributed by atoms with E-state index < -0.39 is 86.8 Å². The molecule has 0 saturated carbocycles. The van der Waals surface area contributed by atoms with E-state index in [0.29, 0.717) is 12.8 Å². The zero-order chi connectivity index (χ0) is 51.0. The summed E-state index contributed by atoms with van der Waals surface area (Å²) in [6.07, 6.45) is 33.4. The third kappa shape index (κ3) is 28.6. The number of ether oxygens (including phenoxy) is 4. The Hall–Kier alpha value is -1.79. The van der Waals surface area contributed by atoms with Crippen molar-refractivity contribution < 1.29 is 64.6 Å². The quantitative estimate of drug-likeness (QED) is 0.0206. The number of amides is 1. The second-order valence-electron chi connectivity index (χ2n) is 20.1. The van der Waals surface area contributed by atoms with Crippen molar-refractivity contribution in [3.05, 3.63) is 36.5 Å². The molecule has 0 spiro atoms. The average molecular weight is 998 g/mol. The Balaban J connectivity index is 1.80. The van der Waals surface area contributed by atoms with Gasteiger partial charge in [0, 0.05) is 6.42 Å². The van der Waals surface area contributed by atoms with Crippen molar-refractivity contribution in [2.24, 2.45) is 0 Å². The molecule has 0 aromatic heterocycles. The van der Waals surface area contributed by atoms with Crippen molar-refractivity contribution in [3.8, 4) is 0 Å². The maximum absolute atomic E-state index is 13.2. The molecule has 2 fully saturated rings. The molecule has 2 aliphatic heterocycles. The number of carbonyl (C=O) groups is 1. The van der Waals surface area contributed by atoms with Gasteiger partial charge in [-0.25, -0.2) is 0 Å². The molecule has 1 amide bonds. The van der Waals surface area contributed by atoms with E-state index in [4.69, 9.17) is 18.9 Å². The number of rotatable bonds is 44. The highest BCUT2D eigenvalue weighted by Crippen LogP contribution is 2.30. The van der Waals surface area contributed by atoms with Gasteiger partial charge in [0.05, 0.1) is 32.0 Å². The molecular weight excluding hydrogens is 895 g/mol. The molecular formula is C56H103NO13. The lowest BCUT2D eigenvalue weighted by atomic mass is 9.97. The molecule has 0 aromatic carbocycles. The number of nitrogens with one attached hydrogen (secondary N) is 1. The molecule has 14 heteroatoms. The van der Waals surface area contributed by atoms with Crippen LogP contribution in [0.3, 0.4) is 0 Å². The molecule has 2 heterocycles. The lowest BCUT2D eigenvalue weighted by molar-refractivity contribution is -0.359. The first-order valence-electron chi connectivity index (χ1n) is 28.2. The highest BCUT2D eigenvalue weighted by Gasteiger charge is 2.51. The maximum atomic E-state index is 13.2. The molecule has 12 atom stereocenters. The van der Waals surface area contributed by atoms with Crippen LogP contribution in [-0.2, 0) is 23.7 Å². The summed E-state index contributed by atoms with van der Waals surface area (Å²) >= 11 is 0. The number of unbranched alkanes of at least 4 members (excludes halogenated alkanes) is 27. The molecule has 9 N–H and O–H groups in total. The lowest BCUT2D eigenvalue weighted by Gasteiger charge is -2.46. The summed E-state index contributed by atoms with van der Waals surface area (Å²) in [5.74, 6) is -0.259. The Morgan fingerprint density at radius 2 is 0.914 bits per heavy atom. The van der Waals surface area contributed by atoms with Crippen LogP contribution in [0.5, 0.6) is 0 Å². The summed E-state index contributed by atoms with van der Waals surface area (Å²) in [4.78, 5) is 13.2. The largest absolute Gasteiger partial charge is 0.394 e. The number of allylic oxidation sites excluding steroid dienone is 5. The highest BCUT2D eigenvalue weighted by molar-refractivity contribution is 5.76. The second-order valence-corrected chi connectivity index (χ2v) is 20.1. The Labute approximate surface area is 423 Å². The van der Waals surface area contributed by atoms with Crippen molar-refractivity contribution in [3.63, 3.8) is 0 Å². The molecule has 70 heavy (non-hydrogen) atoms. The van der Waals surface area contributed by atoms with Gasteiger partial charge in [0.1, 0.15) is 48.8 Å². The lowest BCUT2D eigenvalue weighted by Crippen LogP contribution is -2.65.